The molecule has 0 saturated heterocycles. The van der Waals surface area contributed by atoms with E-state index in [1.54, 1.807) is 7.11 Å². The summed E-state index contributed by atoms with van der Waals surface area (Å²) in [6.07, 6.45) is 4.98. The lowest BCUT2D eigenvalue weighted by atomic mass is 9.82. The Kier molecular flexibility index (Phi) is 7.83. The molecule has 1 aromatic heterocycles. The van der Waals surface area contributed by atoms with Gasteiger partial charge < -0.3 is 20.3 Å². The van der Waals surface area contributed by atoms with Gasteiger partial charge in [-0.15, -0.1) is 0 Å². The zero-order valence-electron chi connectivity index (χ0n) is 20.4. The number of methoxy groups -OCH3 is 1. The minimum absolute atomic E-state index is 0.0825. The summed E-state index contributed by atoms with van der Waals surface area (Å²) in [6.45, 7) is 1.64. The van der Waals surface area contributed by atoms with Crippen molar-refractivity contribution in [2.24, 2.45) is 11.8 Å². The van der Waals surface area contributed by atoms with Crippen LogP contribution in [0.3, 0.4) is 0 Å². The van der Waals surface area contributed by atoms with Crippen LogP contribution in [0.2, 0.25) is 0 Å². The molecule has 3 aromatic rings. The molecule has 2 aromatic carbocycles. The molecule has 2 N–H and O–H groups in total. The lowest BCUT2D eigenvalue weighted by Crippen LogP contribution is -2.33. The molecule has 0 atom stereocenters. The van der Waals surface area contributed by atoms with Crippen molar-refractivity contribution < 1.29 is 9.53 Å². The first-order valence-corrected chi connectivity index (χ1v) is 12.1. The van der Waals surface area contributed by atoms with E-state index >= 15 is 0 Å². The Hall–Kier alpha value is -3.35. The van der Waals surface area contributed by atoms with E-state index in [9.17, 15) is 4.79 Å². The zero-order chi connectivity index (χ0) is 23.9. The number of hydrogen-bond donors (Lipinski definition) is 2. The largest absolute Gasteiger partial charge is 0.497 e. The first-order chi connectivity index (χ1) is 16.5. The molecular formula is C27H35N5O2. The van der Waals surface area contributed by atoms with Crippen molar-refractivity contribution in [1.82, 2.24) is 15.3 Å². The van der Waals surface area contributed by atoms with E-state index < -0.39 is 0 Å². The topological polar surface area (TPSA) is 79.4 Å². The molecule has 0 radical (unpaired) electrons. The van der Waals surface area contributed by atoms with E-state index in [4.69, 9.17) is 14.7 Å². The number of rotatable bonds is 9. The van der Waals surface area contributed by atoms with Crippen LogP contribution in [0.5, 0.6) is 5.75 Å². The molecule has 0 aliphatic heterocycles. The summed E-state index contributed by atoms with van der Waals surface area (Å²) in [5.41, 5.74) is 1.96. The fourth-order valence-corrected chi connectivity index (χ4v) is 4.60. The molecule has 0 bridgehead atoms. The molecule has 0 spiro atoms. The molecule has 1 fully saturated rings. The SMILES string of the molecule is COc1ccc(CC(=O)NCC2CCC(CNc3nc(N(C)C)c4ccccc4n3)CC2)cc1. The third kappa shape index (κ3) is 6.16. The molecule has 34 heavy (non-hydrogen) atoms. The Balaban J connectivity index is 1.21. The Morgan fingerprint density at radius 2 is 1.65 bits per heavy atom. The number of nitrogens with one attached hydrogen (secondary N) is 2. The summed E-state index contributed by atoms with van der Waals surface area (Å²) in [5.74, 6) is 3.66. The van der Waals surface area contributed by atoms with Crippen molar-refractivity contribution in [3.63, 3.8) is 0 Å². The zero-order valence-corrected chi connectivity index (χ0v) is 20.4. The molecule has 4 rings (SSSR count). The highest BCUT2D eigenvalue weighted by Gasteiger charge is 2.22. The first kappa shape index (κ1) is 23.8. The Morgan fingerprint density at radius 1 is 0.971 bits per heavy atom. The van der Waals surface area contributed by atoms with Gasteiger partial charge in [-0.25, -0.2) is 4.98 Å². The van der Waals surface area contributed by atoms with Crippen molar-refractivity contribution in [2.75, 3.05) is 44.5 Å². The van der Waals surface area contributed by atoms with E-state index in [1.807, 2.05) is 61.5 Å². The molecule has 1 aliphatic rings. The standard InChI is InChI=1S/C27H35N5O2/c1-32(2)26-23-6-4-5-7-24(23)30-27(31-26)29-18-21-10-8-20(9-11-21)17-28-25(33)16-19-12-14-22(34-3)15-13-19/h4-7,12-15,20-21H,8-11,16-18H2,1-3H3,(H,28,33)(H,29,30,31). The van der Waals surface area contributed by atoms with Gasteiger partial charge in [-0.3, -0.25) is 4.79 Å². The van der Waals surface area contributed by atoms with Crippen molar-refractivity contribution in [3.05, 3.63) is 54.1 Å². The van der Waals surface area contributed by atoms with Crippen LogP contribution in [0.4, 0.5) is 11.8 Å². The van der Waals surface area contributed by atoms with Gasteiger partial charge in [0, 0.05) is 32.6 Å². The normalized spacial score (nSPS) is 17.9. The number of amides is 1. The van der Waals surface area contributed by atoms with Crippen LogP contribution in [0, 0.1) is 11.8 Å². The van der Waals surface area contributed by atoms with Crippen LogP contribution in [0.25, 0.3) is 10.9 Å². The number of carbonyl (C=O) groups excluding carboxylic acids is 1. The van der Waals surface area contributed by atoms with Crippen LogP contribution >= 0.6 is 0 Å². The Morgan fingerprint density at radius 3 is 2.32 bits per heavy atom. The smallest absolute Gasteiger partial charge is 0.225 e. The summed E-state index contributed by atoms with van der Waals surface area (Å²) in [6, 6.07) is 15.8. The van der Waals surface area contributed by atoms with Crippen LogP contribution in [0.15, 0.2) is 48.5 Å². The number of aromatic nitrogens is 2. The van der Waals surface area contributed by atoms with Crippen LogP contribution in [-0.4, -0.2) is 50.2 Å². The van der Waals surface area contributed by atoms with Crippen molar-refractivity contribution in [3.8, 4) is 5.75 Å². The number of benzene rings is 2. The highest BCUT2D eigenvalue weighted by molar-refractivity contribution is 5.90. The van der Waals surface area contributed by atoms with Gasteiger partial charge in [0.25, 0.3) is 0 Å². The summed E-state index contributed by atoms with van der Waals surface area (Å²) in [7, 11) is 5.66. The third-order valence-electron chi connectivity index (χ3n) is 6.63. The van der Waals surface area contributed by atoms with Gasteiger partial charge in [0.1, 0.15) is 11.6 Å². The summed E-state index contributed by atoms with van der Waals surface area (Å²) in [5, 5.41) is 7.66. The quantitative estimate of drug-likeness (QED) is 0.495. The first-order valence-electron chi connectivity index (χ1n) is 12.1. The lowest BCUT2D eigenvalue weighted by molar-refractivity contribution is -0.120. The number of ether oxygens (including phenoxy) is 1. The molecule has 1 amide bonds. The average Bonchev–Trinajstić information content (AvgIpc) is 2.86. The van der Waals surface area contributed by atoms with E-state index in [2.05, 4.69) is 16.7 Å². The molecule has 1 aliphatic carbocycles. The van der Waals surface area contributed by atoms with E-state index in [0.29, 0.717) is 24.2 Å². The minimum Gasteiger partial charge on any atom is -0.497 e. The number of fused-ring (bicyclic) bond motifs is 1. The predicted molar refractivity (Wildman–Crippen MR) is 138 cm³/mol. The maximum atomic E-state index is 12.3. The van der Waals surface area contributed by atoms with E-state index in [0.717, 1.165) is 66.8 Å². The van der Waals surface area contributed by atoms with Crippen LogP contribution < -0.4 is 20.3 Å². The van der Waals surface area contributed by atoms with Gasteiger partial charge in [0.2, 0.25) is 11.9 Å². The van der Waals surface area contributed by atoms with Gasteiger partial charge in [0.05, 0.1) is 19.0 Å². The van der Waals surface area contributed by atoms with Gasteiger partial charge in [-0.05, 0) is 67.3 Å². The fraction of sp³-hybridized carbons (Fsp3) is 0.444. The minimum atomic E-state index is 0.0825. The van der Waals surface area contributed by atoms with Crippen LogP contribution in [0.1, 0.15) is 31.2 Å². The molecule has 1 saturated carbocycles. The third-order valence-corrected chi connectivity index (χ3v) is 6.63. The van der Waals surface area contributed by atoms with Gasteiger partial charge in [-0.2, -0.15) is 4.98 Å². The van der Waals surface area contributed by atoms with Gasteiger partial charge in [-0.1, -0.05) is 24.3 Å². The highest BCUT2D eigenvalue weighted by atomic mass is 16.5. The van der Waals surface area contributed by atoms with E-state index in [-0.39, 0.29) is 5.91 Å². The maximum Gasteiger partial charge on any atom is 0.225 e. The monoisotopic (exact) mass is 461 g/mol. The van der Waals surface area contributed by atoms with Gasteiger partial charge in [0.15, 0.2) is 0 Å². The molecule has 7 heteroatoms. The lowest BCUT2D eigenvalue weighted by Gasteiger charge is -2.29. The van der Waals surface area contributed by atoms with Crippen LogP contribution in [-0.2, 0) is 11.2 Å². The number of carbonyl (C=O) groups is 1. The second-order valence-corrected chi connectivity index (χ2v) is 9.38. The van der Waals surface area contributed by atoms with Crippen molar-refractivity contribution in [2.45, 2.75) is 32.1 Å². The Bertz CT molecular complexity index is 1090. The second kappa shape index (κ2) is 11.2. The molecule has 1 heterocycles. The molecule has 7 nitrogen and oxygen atoms in total. The number of anilines is 2. The van der Waals surface area contributed by atoms with Crippen molar-refractivity contribution >= 4 is 28.6 Å². The average molecular weight is 462 g/mol. The summed E-state index contributed by atoms with van der Waals surface area (Å²) >= 11 is 0. The van der Waals surface area contributed by atoms with E-state index in [1.165, 1.54) is 0 Å². The number of para-hydroxylation sites is 1. The van der Waals surface area contributed by atoms with Gasteiger partial charge >= 0.3 is 0 Å². The second-order valence-electron chi connectivity index (χ2n) is 9.38. The predicted octanol–water partition coefficient (Wildman–Crippen LogP) is 4.28. The molecular weight excluding hydrogens is 426 g/mol. The molecule has 180 valence electrons. The number of nitrogens with zero attached hydrogens (tertiary/aromatic N) is 3. The Labute approximate surface area is 201 Å². The number of hydrogen-bond acceptors (Lipinski definition) is 6. The summed E-state index contributed by atoms with van der Waals surface area (Å²) in [4.78, 5) is 23.8. The fourth-order valence-electron chi connectivity index (χ4n) is 4.60. The summed E-state index contributed by atoms with van der Waals surface area (Å²) < 4.78 is 5.17. The molecule has 0 unspecified atom stereocenters. The highest BCUT2D eigenvalue weighted by Crippen LogP contribution is 2.29. The van der Waals surface area contributed by atoms with Crippen molar-refractivity contribution in [1.29, 1.82) is 0 Å². The maximum absolute atomic E-state index is 12.3.